The molecule has 0 unspecified atom stereocenters. The van der Waals surface area contributed by atoms with Gasteiger partial charge >= 0.3 is 0 Å². The fourth-order valence-electron chi connectivity index (χ4n) is 2.48. The molecular weight excluding hydrogens is 406 g/mol. The van der Waals surface area contributed by atoms with Crippen molar-refractivity contribution >= 4 is 49.0 Å². The van der Waals surface area contributed by atoms with E-state index in [1.54, 1.807) is 25.1 Å². The van der Waals surface area contributed by atoms with E-state index in [1.165, 1.54) is 4.31 Å². The van der Waals surface area contributed by atoms with Gasteiger partial charge in [-0.1, -0.05) is 5.16 Å². The molecule has 23 heavy (non-hydrogen) atoms. The minimum absolute atomic E-state index is 0.223. The number of sulfonamides is 1. The van der Waals surface area contributed by atoms with Gasteiger partial charge in [0.1, 0.15) is 16.0 Å². The first-order valence-electron chi connectivity index (χ1n) is 6.89. The molecule has 0 saturated carbocycles. The SMILES string of the molecule is Cc1cc(NC(=O)[C@@H]2CCCN2S(=O)(=O)c2ccc(Br)s2)no1. The summed E-state index contributed by atoms with van der Waals surface area (Å²) in [4.78, 5) is 12.4. The standard InChI is InChI=1S/C13H14BrN3O4S2/c1-8-7-11(16-21-8)15-13(18)9-3-2-6-17(9)23(19,20)12-5-4-10(14)22-12/h4-5,7,9H,2-3,6H2,1H3,(H,15,16,18)/t9-/m0/s1. The molecule has 1 N–H and O–H groups in total. The average Bonchev–Trinajstić information content (AvgIpc) is 3.19. The molecule has 1 atom stereocenters. The van der Waals surface area contributed by atoms with E-state index in [1.807, 2.05) is 0 Å². The van der Waals surface area contributed by atoms with E-state index in [0.717, 1.165) is 15.1 Å². The number of hydrogen-bond acceptors (Lipinski definition) is 6. The summed E-state index contributed by atoms with van der Waals surface area (Å²) in [6.45, 7) is 2.04. The van der Waals surface area contributed by atoms with E-state index in [4.69, 9.17) is 4.52 Å². The summed E-state index contributed by atoms with van der Waals surface area (Å²) in [6.07, 6.45) is 1.12. The molecule has 7 nitrogen and oxygen atoms in total. The zero-order valence-electron chi connectivity index (χ0n) is 12.2. The molecule has 3 heterocycles. The Morgan fingerprint density at radius 1 is 1.52 bits per heavy atom. The Morgan fingerprint density at radius 2 is 2.30 bits per heavy atom. The van der Waals surface area contributed by atoms with Crippen LogP contribution in [0.15, 0.2) is 30.7 Å². The summed E-state index contributed by atoms with van der Waals surface area (Å²) in [6, 6.07) is 4.07. The Balaban J connectivity index is 1.81. The third-order valence-corrected chi connectivity index (χ3v) is 7.50. The van der Waals surface area contributed by atoms with Gasteiger partial charge in [0.2, 0.25) is 5.91 Å². The first-order chi connectivity index (χ1) is 10.9. The zero-order chi connectivity index (χ0) is 16.6. The largest absolute Gasteiger partial charge is 0.360 e. The van der Waals surface area contributed by atoms with Gasteiger partial charge in [0.05, 0.1) is 3.79 Å². The van der Waals surface area contributed by atoms with Crippen LogP contribution in [-0.4, -0.2) is 36.4 Å². The summed E-state index contributed by atoms with van der Waals surface area (Å²) >= 11 is 4.39. The predicted molar refractivity (Wildman–Crippen MR) is 88.8 cm³/mol. The van der Waals surface area contributed by atoms with Crippen LogP contribution in [0.2, 0.25) is 0 Å². The molecule has 10 heteroatoms. The number of nitrogens with one attached hydrogen (secondary N) is 1. The minimum Gasteiger partial charge on any atom is -0.360 e. The second-order valence-corrected chi connectivity index (χ2v) is 9.72. The molecule has 124 valence electrons. The van der Waals surface area contributed by atoms with Gasteiger partial charge in [0, 0.05) is 12.6 Å². The number of amides is 1. The molecule has 2 aromatic heterocycles. The lowest BCUT2D eigenvalue weighted by molar-refractivity contribution is -0.119. The minimum atomic E-state index is -3.68. The van der Waals surface area contributed by atoms with Gasteiger partial charge in [-0.3, -0.25) is 4.79 Å². The van der Waals surface area contributed by atoms with Crippen LogP contribution < -0.4 is 5.32 Å². The number of thiophene rings is 1. The number of hydrogen-bond donors (Lipinski definition) is 1. The highest BCUT2D eigenvalue weighted by Gasteiger charge is 2.40. The van der Waals surface area contributed by atoms with Crippen molar-refractivity contribution in [3.63, 3.8) is 0 Å². The van der Waals surface area contributed by atoms with Crippen LogP contribution in [0.4, 0.5) is 5.82 Å². The summed E-state index contributed by atoms with van der Waals surface area (Å²) in [5.74, 6) is 0.463. The fraction of sp³-hybridized carbons (Fsp3) is 0.385. The van der Waals surface area contributed by atoms with Crippen molar-refractivity contribution in [3.8, 4) is 0 Å². The van der Waals surface area contributed by atoms with Crippen LogP contribution in [0.1, 0.15) is 18.6 Å². The lowest BCUT2D eigenvalue weighted by Gasteiger charge is -2.22. The van der Waals surface area contributed by atoms with Gasteiger partial charge < -0.3 is 9.84 Å². The molecule has 0 bridgehead atoms. The Kier molecular flexibility index (Phi) is 4.59. The Bertz CT molecular complexity index is 830. The summed E-state index contributed by atoms with van der Waals surface area (Å²) in [7, 11) is -3.68. The lowest BCUT2D eigenvalue weighted by atomic mass is 10.2. The molecule has 1 amide bonds. The number of carbonyl (C=O) groups excluding carboxylic acids is 1. The highest BCUT2D eigenvalue weighted by atomic mass is 79.9. The summed E-state index contributed by atoms with van der Waals surface area (Å²) in [5, 5.41) is 6.30. The second kappa shape index (κ2) is 6.34. The van der Waals surface area contributed by atoms with Crippen molar-refractivity contribution in [1.29, 1.82) is 0 Å². The Hall–Kier alpha value is -1.23. The number of aromatic nitrogens is 1. The van der Waals surface area contributed by atoms with Crippen LogP contribution in [0.3, 0.4) is 0 Å². The number of aryl methyl sites for hydroxylation is 1. The zero-order valence-corrected chi connectivity index (χ0v) is 15.4. The molecule has 1 saturated heterocycles. The van der Waals surface area contributed by atoms with Gasteiger partial charge in [-0.15, -0.1) is 11.3 Å². The summed E-state index contributed by atoms with van der Waals surface area (Å²) < 4.78 is 32.5. The number of anilines is 1. The summed E-state index contributed by atoms with van der Waals surface area (Å²) in [5.41, 5.74) is 0. The lowest BCUT2D eigenvalue weighted by Crippen LogP contribution is -2.42. The fourth-order valence-corrected chi connectivity index (χ4v) is 6.27. The number of nitrogens with zero attached hydrogens (tertiary/aromatic N) is 2. The number of halogens is 1. The van der Waals surface area contributed by atoms with Crippen molar-refractivity contribution in [2.45, 2.75) is 30.0 Å². The molecule has 0 aliphatic carbocycles. The molecule has 0 radical (unpaired) electrons. The van der Waals surface area contributed by atoms with Crippen molar-refractivity contribution in [1.82, 2.24) is 9.46 Å². The molecule has 1 fully saturated rings. The molecule has 2 aromatic rings. The Labute approximate surface area is 145 Å². The molecular formula is C13H14BrN3O4S2. The van der Waals surface area contributed by atoms with Crippen molar-refractivity contribution < 1.29 is 17.7 Å². The highest BCUT2D eigenvalue weighted by molar-refractivity contribution is 9.11. The van der Waals surface area contributed by atoms with E-state index >= 15 is 0 Å². The predicted octanol–water partition coefficient (Wildman–Crippen LogP) is 2.60. The third kappa shape index (κ3) is 3.35. The maximum atomic E-state index is 12.7. The molecule has 0 spiro atoms. The molecule has 0 aromatic carbocycles. The topological polar surface area (TPSA) is 92.5 Å². The molecule has 1 aliphatic rings. The maximum Gasteiger partial charge on any atom is 0.253 e. The van der Waals surface area contributed by atoms with Gasteiger partial charge in [0.15, 0.2) is 5.82 Å². The first kappa shape index (κ1) is 16.6. The van der Waals surface area contributed by atoms with Crippen LogP contribution in [0.25, 0.3) is 0 Å². The first-order valence-corrected chi connectivity index (χ1v) is 9.94. The number of rotatable bonds is 4. The van der Waals surface area contributed by atoms with Crippen LogP contribution in [-0.2, 0) is 14.8 Å². The van der Waals surface area contributed by atoms with E-state index in [-0.39, 0.29) is 10.0 Å². The van der Waals surface area contributed by atoms with Gasteiger partial charge in [-0.05, 0) is 47.8 Å². The van der Waals surface area contributed by atoms with Crippen molar-refractivity contribution in [2.24, 2.45) is 0 Å². The van der Waals surface area contributed by atoms with Gasteiger partial charge in [-0.25, -0.2) is 8.42 Å². The molecule has 3 rings (SSSR count). The average molecular weight is 420 g/mol. The number of carbonyl (C=O) groups is 1. The monoisotopic (exact) mass is 419 g/mol. The maximum absolute atomic E-state index is 12.7. The van der Waals surface area contributed by atoms with E-state index in [2.05, 4.69) is 26.4 Å². The van der Waals surface area contributed by atoms with Crippen LogP contribution >= 0.6 is 27.3 Å². The molecule has 1 aliphatic heterocycles. The second-order valence-electron chi connectivity index (χ2n) is 5.14. The third-order valence-electron chi connectivity index (χ3n) is 3.50. The van der Waals surface area contributed by atoms with Crippen molar-refractivity contribution in [3.05, 3.63) is 27.7 Å². The normalized spacial score (nSPS) is 19.1. The van der Waals surface area contributed by atoms with Crippen molar-refractivity contribution in [2.75, 3.05) is 11.9 Å². The van der Waals surface area contributed by atoms with Gasteiger partial charge in [0.25, 0.3) is 10.0 Å². The van der Waals surface area contributed by atoms with Crippen LogP contribution in [0.5, 0.6) is 0 Å². The van der Waals surface area contributed by atoms with E-state index < -0.39 is 22.0 Å². The van der Waals surface area contributed by atoms with Gasteiger partial charge in [-0.2, -0.15) is 4.31 Å². The Morgan fingerprint density at radius 3 is 2.91 bits per heavy atom. The highest BCUT2D eigenvalue weighted by Crippen LogP contribution is 2.32. The quantitative estimate of drug-likeness (QED) is 0.821. The van der Waals surface area contributed by atoms with E-state index in [9.17, 15) is 13.2 Å². The van der Waals surface area contributed by atoms with Crippen LogP contribution in [0, 0.1) is 6.92 Å². The smallest absolute Gasteiger partial charge is 0.253 e. The van der Waals surface area contributed by atoms with E-state index in [0.29, 0.717) is 25.1 Å².